The molecular formula is C37H38FN5O4. The van der Waals surface area contributed by atoms with Crippen molar-refractivity contribution in [3.63, 3.8) is 0 Å². The lowest BCUT2D eigenvalue weighted by atomic mass is 10.0. The van der Waals surface area contributed by atoms with Gasteiger partial charge in [-0.3, -0.25) is 14.8 Å². The first-order valence-electron chi connectivity index (χ1n) is 15.7. The van der Waals surface area contributed by atoms with E-state index in [0.29, 0.717) is 34.8 Å². The fraction of sp³-hybridized carbons (Fsp3) is 0.270. The number of carbonyl (C=O) groups is 1. The highest BCUT2D eigenvalue weighted by atomic mass is 19.1. The summed E-state index contributed by atoms with van der Waals surface area (Å²) in [5, 5.41) is 3.38. The lowest BCUT2D eigenvalue weighted by molar-refractivity contribution is 0.102. The van der Waals surface area contributed by atoms with Gasteiger partial charge >= 0.3 is 0 Å². The van der Waals surface area contributed by atoms with Gasteiger partial charge in [0.1, 0.15) is 11.4 Å². The number of nitrogens with one attached hydrogen (secondary N) is 1. The highest BCUT2D eigenvalue weighted by molar-refractivity contribution is 6.03. The number of rotatable bonds is 11. The average molecular weight is 636 g/mol. The number of benzene rings is 3. The van der Waals surface area contributed by atoms with E-state index in [-0.39, 0.29) is 17.1 Å². The van der Waals surface area contributed by atoms with Gasteiger partial charge in [0.2, 0.25) is 0 Å². The molecule has 3 heterocycles. The Bertz CT molecular complexity index is 1880. The van der Waals surface area contributed by atoms with Gasteiger partial charge in [-0.05, 0) is 73.5 Å². The van der Waals surface area contributed by atoms with Gasteiger partial charge in [0.05, 0.1) is 19.2 Å². The van der Waals surface area contributed by atoms with Gasteiger partial charge in [-0.1, -0.05) is 24.3 Å². The van der Waals surface area contributed by atoms with Crippen molar-refractivity contribution >= 4 is 22.5 Å². The molecule has 1 fully saturated rings. The Hall–Kier alpha value is -5.06. The number of nitrogens with zero attached hydrogens (tertiary/aromatic N) is 4. The van der Waals surface area contributed by atoms with Crippen molar-refractivity contribution in [2.45, 2.75) is 13.3 Å². The molecule has 0 bridgehead atoms. The summed E-state index contributed by atoms with van der Waals surface area (Å²) in [5.74, 6) is 0.447. The summed E-state index contributed by atoms with van der Waals surface area (Å²) in [4.78, 5) is 26.5. The summed E-state index contributed by atoms with van der Waals surface area (Å²) in [6, 6.07) is 21.0. The summed E-state index contributed by atoms with van der Waals surface area (Å²) in [7, 11) is 3.73. The highest BCUT2D eigenvalue weighted by Gasteiger charge is 2.17. The maximum atomic E-state index is 15.3. The number of amides is 1. The number of anilines is 1. The Labute approximate surface area is 273 Å². The summed E-state index contributed by atoms with van der Waals surface area (Å²) >= 11 is 0. The fourth-order valence-corrected chi connectivity index (χ4v) is 5.63. The Balaban J connectivity index is 1.12. The van der Waals surface area contributed by atoms with E-state index in [0.717, 1.165) is 55.8 Å². The van der Waals surface area contributed by atoms with E-state index in [9.17, 15) is 4.79 Å². The summed E-state index contributed by atoms with van der Waals surface area (Å²) in [6.07, 6.45) is 4.09. The van der Waals surface area contributed by atoms with Gasteiger partial charge in [0.25, 0.3) is 5.91 Å². The molecule has 0 radical (unpaired) electrons. The average Bonchev–Trinajstić information content (AvgIpc) is 3.08. The molecule has 0 unspecified atom stereocenters. The molecule has 2 aromatic heterocycles. The lowest BCUT2D eigenvalue weighted by Crippen LogP contribution is -2.44. The van der Waals surface area contributed by atoms with Crippen molar-refractivity contribution < 1.29 is 23.4 Å². The van der Waals surface area contributed by atoms with Crippen LogP contribution in [0.4, 0.5) is 10.1 Å². The number of methoxy groups -OCH3 is 1. The van der Waals surface area contributed by atoms with Gasteiger partial charge in [0.15, 0.2) is 23.1 Å². The minimum Gasteiger partial charge on any atom is -0.493 e. The lowest BCUT2D eigenvalue weighted by Gasteiger charge is -2.32. The minimum absolute atomic E-state index is 0.00151. The number of pyridine rings is 2. The van der Waals surface area contributed by atoms with E-state index in [4.69, 9.17) is 14.2 Å². The number of hydrogen-bond acceptors (Lipinski definition) is 8. The third-order valence-electron chi connectivity index (χ3n) is 8.32. The first kappa shape index (κ1) is 31.9. The van der Waals surface area contributed by atoms with Crippen LogP contribution in [0.3, 0.4) is 0 Å². The molecule has 1 saturated heterocycles. The zero-order chi connectivity index (χ0) is 32.8. The van der Waals surface area contributed by atoms with E-state index >= 15 is 4.39 Å². The molecule has 1 N–H and O–H groups in total. The van der Waals surface area contributed by atoms with Crippen LogP contribution in [0, 0.1) is 12.7 Å². The molecule has 3 aromatic carbocycles. The number of aryl methyl sites for hydroxylation is 1. The van der Waals surface area contributed by atoms with Crippen LogP contribution in [0.2, 0.25) is 0 Å². The van der Waals surface area contributed by atoms with E-state index in [1.165, 1.54) is 12.1 Å². The molecule has 10 heteroatoms. The molecule has 47 heavy (non-hydrogen) atoms. The van der Waals surface area contributed by atoms with Crippen molar-refractivity contribution in [3.05, 3.63) is 102 Å². The number of carbonyl (C=O) groups excluding carboxylic acids is 1. The molecule has 0 spiro atoms. The Morgan fingerprint density at radius 3 is 2.49 bits per heavy atom. The molecule has 5 aromatic rings. The molecule has 0 aliphatic carbocycles. The second kappa shape index (κ2) is 14.6. The fourth-order valence-electron chi connectivity index (χ4n) is 5.63. The van der Waals surface area contributed by atoms with Crippen LogP contribution >= 0.6 is 0 Å². The monoisotopic (exact) mass is 635 g/mol. The number of ether oxygens (including phenoxy) is 3. The first-order valence-corrected chi connectivity index (χ1v) is 15.7. The number of halogens is 1. The van der Waals surface area contributed by atoms with Crippen molar-refractivity contribution in [3.8, 4) is 34.1 Å². The van der Waals surface area contributed by atoms with Crippen LogP contribution in [-0.4, -0.2) is 79.2 Å². The van der Waals surface area contributed by atoms with Crippen LogP contribution < -0.4 is 19.5 Å². The maximum absolute atomic E-state index is 15.3. The van der Waals surface area contributed by atoms with Gasteiger partial charge in [-0.25, -0.2) is 4.39 Å². The second-order valence-electron chi connectivity index (χ2n) is 11.6. The van der Waals surface area contributed by atoms with Crippen molar-refractivity contribution in [1.82, 2.24) is 19.8 Å². The second-order valence-corrected chi connectivity index (χ2v) is 11.6. The summed E-state index contributed by atoms with van der Waals surface area (Å²) in [5.41, 5.74) is 4.10. The molecule has 1 aliphatic heterocycles. The standard InChI is InChI=1S/C37H38FN5O4/c1-25-7-4-5-8-28(25)26-11-13-40-32(21-26)37(44)41-27-9-10-34(30(38)22-27)47-33-12-14-39-31-24-36(35(45-3)23-29(31)33)46-20-6-15-43-18-16-42(2)17-19-43/h4-5,7-14,21-24H,6,15-20H2,1-3H3,(H,41,44). The minimum atomic E-state index is -0.637. The molecular weight excluding hydrogens is 597 g/mol. The predicted molar refractivity (Wildman–Crippen MR) is 181 cm³/mol. The third kappa shape index (κ3) is 7.67. The van der Waals surface area contributed by atoms with Crippen LogP contribution in [0.25, 0.3) is 22.0 Å². The smallest absolute Gasteiger partial charge is 0.274 e. The molecule has 0 saturated carbocycles. The van der Waals surface area contributed by atoms with Crippen LogP contribution in [-0.2, 0) is 0 Å². The molecule has 9 nitrogen and oxygen atoms in total. The molecule has 242 valence electrons. The first-order chi connectivity index (χ1) is 22.9. The number of piperazine rings is 1. The summed E-state index contributed by atoms with van der Waals surface area (Å²) in [6.45, 7) is 7.85. The predicted octanol–water partition coefficient (Wildman–Crippen LogP) is 6.81. The normalized spacial score (nSPS) is 13.8. The number of aromatic nitrogens is 2. The molecule has 0 atom stereocenters. The zero-order valence-electron chi connectivity index (χ0n) is 26.8. The summed E-state index contributed by atoms with van der Waals surface area (Å²) < 4.78 is 33.0. The Morgan fingerprint density at radius 2 is 1.70 bits per heavy atom. The van der Waals surface area contributed by atoms with Crippen molar-refractivity contribution in [1.29, 1.82) is 0 Å². The number of fused-ring (bicyclic) bond motifs is 1. The third-order valence-corrected chi connectivity index (χ3v) is 8.32. The SMILES string of the molecule is COc1cc2c(Oc3ccc(NC(=O)c4cc(-c5ccccc5C)ccn4)cc3F)ccnc2cc1OCCCN1CCN(C)CC1. The van der Waals surface area contributed by atoms with E-state index < -0.39 is 11.7 Å². The van der Waals surface area contributed by atoms with E-state index in [1.54, 1.807) is 43.8 Å². The van der Waals surface area contributed by atoms with Crippen molar-refractivity contribution in [2.24, 2.45) is 0 Å². The Morgan fingerprint density at radius 1 is 0.894 bits per heavy atom. The van der Waals surface area contributed by atoms with Crippen LogP contribution in [0.5, 0.6) is 23.0 Å². The largest absolute Gasteiger partial charge is 0.493 e. The van der Waals surface area contributed by atoms with E-state index in [2.05, 4.69) is 32.1 Å². The topological polar surface area (TPSA) is 89.0 Å². The van der Waals surface area contributed by atoms with Gasteiger partial charge < -0.3 is 29.3 Å². The Kier molecular flexibility index (Phi) is 9.89. The van der Waals surface area contributed by atoms with Gasteiger partial charge in [-0.2, -0.15) is 0 Å². The zero-order valence-corrected chi connectivity index (χ0v) is 26.8. The molecule has 1 amide bonds. The number of likely N-dealkylation sites (N-methyl/N-ethyl adjacent to an activating group) is 1. The number of hydrogen-bond donors (Lipinski definition) is 1. The van der Waals surface area contributed by atoms with Gasteiger partial charge in [-0.15, -0.1) is 0 Å². The van der Waals surface area contributed by atoms with Crippen LogP contribution in [0.15, 0.2) is 85.2 Å². The quantitative estimate of drug-likeness (QED) is 0.158. The maximum Gasteiger partial charge on any atom is 0.274 e. The van der Waals surface area contributed by atoms with Crippen molar-refractivity contribution in [2.75, 3.05) is 58.8 Å². The highest BCUT2D eigenvalue weighted by Crippen LogP contribution is 2.38. The molecule has 1 aliphatic rings. The van der Waals surface area contributed by atoms with E-state index in [1.807, 2.05) is 43.3 Å². The van der Waals surface area contributed by atoms with Crippen LogP contribution in [0.1, 0.15) is 22.5 Å². The van der Waals surface area contributed by atoms with Gasteiger partial charge in [0, 0.05) is 68.3 Å². The molecule has 6 rings (SSSR count).